The zero-order valence-corrected chi connectivity index (χ0v) is 16.6. The van der Waals surface area contributed by atoms with Crippen molar-refractivity contribution < 1.29 is 14.6 Å². The minimum Gasteiger partial charge on any atom is -0.489 e. The first-order valence-electron chi connectivity index (χ1n) is 9.27. The van der Waals surface area contributed by atoms with Gasteiger partial charge in [0.1, 0.15) is 18.4 Å². The van der Waals surface area contributed by atoms with E-state index in [1.807, 2.05) is 56.3 Å². The van der Waals surface area contributed by atoms with E-state index < -0.39 is 18.1 Å². The Kier molecular flexibility index (Phi) is 4.82. The van der Waals surface area contributed by atoms with Gasteiger partial charge in [-0.3, -0.25) is 4.79 Å². The van der Waals surface area contributed by atoms with E-state index in [4.69, 9.17) is 4.74 Å². The number of amides is 1. The molecule has 0 aromatic heterocycles. The van der Waals surface area contributed by atoms with Crippen LogP contribution < -0.4 is 4.74 Å². The Hall–Kier alpha value is -2.49. The van der Waals surface area contributed by atoms with Crippen molar-refractivity contribution in [2.24, 2.45) is 5.92 Å². The molecule has 2 aliphatic rings. The van der Waals surface area contributed by atoms with E-state index in [2.05, 4.69) is 6.07 Å². The highest BCUT2D eigenvalue weighted by molar-refractivity contribution is 8.01. The van der Waals surface area contributed by atoms with Crippen LogP contribution in [0.4, 0.5) is 0 Å². The molecule has 4 rings (SSSR count). The van der Waals surface area contributed by atoms with E-state index >= 15 is 0 Å². The Bertz CT molecular complexity index is 908. The van der Waals surface area contributed by atoms with Crippen LogP contribution in [0, 0.1) is 17.2 Å². The summed E-state index contributed by atoms with van der Waals surface area (Å²) in [4.78, 5) is 14.2. The van der Waals surface area contributed by atoms with Crippen LogP contribution in [0.1, 0.15) is 31.1 Å². The van der Waals surface area contributed by atoms with Crippen LogP contribution in [0.3, 0.4) is 0 Å². The maximum Gasteiger partial charge on any atom is 0.233 e. The van der Waals surface area contributed by atoms with Crippen LogP contribution in [-0.2, 0) is 11.4 Å². The summed E-state index contributed by atoms with van der Waals surface area (Å²) in [6, 6.07) is 18.9. The summed E-state index contributed by atoms with van der Waals surface area (Å²) in [7, 11) is 0. The Morgan fingerprint density at radius 2 is 1.89 bits per heavy atom. The molecule has 2 aliphatic heterocycles. The van der Waals surface area contributed by atoms with Gasteiger partial charge >= 0.3 is 0 Å². The minimum absolute atomic E-state index is 0.147. The summed E-state index contributed by atoms with van der Waals surface area (Å²) in [6.07, 6.45) is -0.891. The fraction of sp³-hybridized carbons (Fsp3) is 0.364. The predicted molar refractivity (Wildman–Crippen MR) is 107 cm³/mol. The predicted octanol–water partition coefficient (Wildman–Crippen LogP) is 3.50. The molecule has 0 bridgehead atoms. The standard InChI is InChI=1S/C22H22N2O3S/c1-22(2)17(12-23)24-20(26)18(21(24)28-22)19(25)15-8-10-16(11-9-15)27-13-14-6-4-3-5-7-14/h3-11,17-19,21,25H,13H2,1-2H3. The van der Waals surface area contributed by atoms with Crippen LogP contribution in [0.15, 0.2) is 54.6 Å². The molecule has 0 spiro atoms. The summed E-state index contributed by atoms with van der Waals surface area (Å²) in [5.74, 6) is 0.0486. The van der Waals surface area contributed by atoms with Crippen molar-refractivity contribution in [1.82, 2.24) is 4.90 Å². The number of fused-ring (bicyclic) bond motifs is 1. The maximum absolute atomic E-state index is 12.6. The number of hydrogen-bond donors (Lipinski definition) is 1. The van der Waals surface area contributed by atoms with Gasteiger partial charge < -0.3 is 14.7 Å². The number of aliphatic hydroxyl groups excluding tert-OH is 1. The maximum atomic E-state index is 12.6. The third-order valence-corrected chi connectivity index (χ3v) is 7.01. The van der Waals surface area contributed by atoms with E-state index in [1.54, 1.807) is 28.8 Å². The van der Waals surface area contributed by atoms with E-state index in [-0.39, 0.29) is 16.0 Å². The molecule has 2 heterocycles. The van der Waals surface area contributed by atoms with Crippen LogP contribution in [0.2, 0.25) is 0 Å². The van der Waals surface area contributed by atoms with Crippen LogP contribution >= 0.6 is 11.8 Å². The molecule has 0 saturated carbocycles. The van der Waals surface area contributed by atoms with E-state index in [1.165, 1.54) is 0 Å². The first kappa shape index (κ1) is 18.9. The molecule has 2 fully saturated rings. The lowest BCUT2D eigenvalue weighted by Crippen LogP contribution is -2.61. The average molecular weight is 394 g/mol. The van der Waals surface area contributed by atoms with Gasteiger partial charge in [-0.15, -0.1) is 11.8 Å². The molecule has 0 aliphatic carbocycles. The highest BCUT2D eigenvalue weighted by atomic mass is 32.2. The van der Waals surface area contributed by atoms with Crippen molar-refractivity contribution in [2.45, 2.75) is 42.7 Å². The van der Waals surface area contributed by atoms with Crippen molar-refractivity contribution in [1.29, 1.82) is 5.26 Å². The summed E-state index contributed by atoms with van der Waals surface area (Å²) >= 11 is 1.59. The van der Waals surface area contributed by atoms with Crippen LogP contribution in [-0.4, -0.2) is 32.1 Å². The third-order valence-electron chi connectivity index (χ3n) is 5.41. The van der Waals surface area contributed by atoms with Gasteiger partial charge in [0, 0.05) is 4.75 Å². The molecule has 144 valence electrons. The second kappa shape index (κ2) is 7.16. The second-order valence-electron chi connectivity index (χ2n) is 7.70. The molecule has 6 heteroatoms. The van der Waals surface area contributed by atoms with Crippen molar-refractivity contribution in [3.05, 3.63) is 65.7 Å². The zero-order chi connectivity index (χ0) is 19.9. The summed E-state index contributed by atoms with van der Waals surface area (Å²) in [5, 5.41) is 20.1. The van der Waals surface area contributed by atoms with Gasteiger partial charge in [0.05, 0.1) is 23.5 Å². The molecular formula is C22H22N2O3S. The van der Waals surface area contributed by atoms with Crippen molar-refractivity contribution in [3.8, 4) is 11.8 Å². The minimum atomic E-state index is -0.891. The number of nitriles is 1. The number of carbonyl (C=O) groups excluding carboxylic acids is 1. The number of β-lactam (4-membered cyclic amide) rings is 1. The lowest BCUT2D eigenvalue weighted by molar-refractivity contribution is -0.159. The highest BCUT2D eigenvalue weighted by Gasteiger charge is 2.63. The SMILES string of the molecule is CC1(C)SC2C(C(O)c3ccc(OCc4ccccc4)cc3)C(=O)N2C1C#N. The molecule has 4 unspecified atom stereocenters. The van der Waals surface area contributed by atoms with Gasteiger partial charge in [0.2, 0.25) is 5.91 Å². The smallest absolute Gasteiger partial charge is 0.233 e. The number of rotatable bonds is 5. The van der Waals surface area contributed by atoms with E-state index in [9.17, 15) is 15.2 Å². The van der Waals surface area contributed by atoms with Gasteiger partial charge in [0.15, 0.2) is 0 Å². The Morgan fingerprint density at radius 3 is 2.54 bits per heavy atom. The molecule has 2 aromatic rings. The molecule has 2 aromatic carbocycles. The lowest BCUT2D eigenvalue weighted by atomic mass is 9.85. The topological polar surface area (TPSA) is 73.6 Å². The molecule has 28 heavy (non-hydrogen) atoms. The molecule has 1 amide bonds. The number of hydrogen-bond acceptors (Lipinski definition) is 5. The second-order valence-corrected chi connectivity index (χ2v) is 9.47. The Balaban J connectivity index is 1.42. The van der Waals surface area contributed by atoms with Crippen LogP contribution in [0.5, 0.6) is 5.75 Å². The number of ether oxygens (including phenoxy) is 1. The molecule has 5 nitrogen and oxygen atoms in total. The Morgan fingerprint density at radius 1 is 1.21 bits per heavy atom. The molecule has 4 atom stereocenters. The fourth-order valence-corrected chi connectivity index (χ4v) is 5.51. The normalized spacial score (nSPS) is 26.1. The first-order chi connectivity index (χ1) is 13.4. The number of nitrogens with zero attached hydrogens (tertiary/aromatic N) is 2. The van der Waals surface area contributed by atoms with Crippen molar-refractivity contribution in [2.75, 3.05) is 0 Å². The molecular weight excluding hydrogens is 372 g/mol. The lowest BCUT2D eigenvalue weighted by Gasteiger charge is -2.45. The number of benzene rings is 2. The molecule has 0 radical (unpaired) electrons. The van der Waals surface area contributed by atoms with Gasteiger partial charge in [-0.2, -0.15) is 5.26 Å². The third kappa shape index (κ3) is 3.15. The summed E-state index contributed by atoms with van der Waals surface area (Å²) in [6.45, 7) is 4.42. The average Bonchev–Trinajstić information content (AvgIpc) is 2.94. The summed E-state index contributed by atoms with van der Waals surface area (Å²) in [5.41, 5.74) is 1.77. The number of thioether (sulfide) groups is 1. The van der Waals surface area contributed by atoms with E-state index in [0.717, 1.165) is 5.56 Å². The summed E-state index contributed by atoms with van der Waals surface area (Å²) < 4.78 is 5.44. The van der Waals surface area contributed by atoms with Gasteiger partial charge in [-0.1, -0.05) is 42.5 Å². The quantitative estimate of drug-likeness (QED) is 0.786. The highest BCUT2D eigenvalue weighted by Crippen LogP contribution is 2.55. The van der Waals surface area contributed by atoms with Crippen LogP contribution in [0.25, 0.3) is 0 Å². The van der Waals surface area contributed by atoms with E-state index in [0.29, 0.717) is 17.9 Å². The molecule has 1 N–H and O–H groups in total. The van der Waals surface area contributed by atoms with Gasteiger partial charge in [-0.25, -0.2) is 0 Å². The Labute approximate surface area is 168 Å². The van der Waals surface area contributed by atoms with Gasteiger partial charge in [-0.05, 0) is 37.1 Å². The fourth-order valence-electron chi connectivity index (χ4n) is 3.84. The molecule has 2 saturated heterocycles. The largest absolute Gasteiger partial charge is 0.489 e. The van der Waals surface area contributed by atoms with Crippen molar-refractivity contribution in [3.63, 3.8) is 0 Å². The first-order valence-corrected chi connectivity index (χ1v) is 10.1. The number of aliphatic hydroxyl groups is 1. The zero-order valence-electron chi connectivity index (χ0n) is 15.8. The van der Waals surface area contributed by atoms with Gasteiger partial charge in [0.25, 0.3) is 0 Å². The number of carbonyl (C=O) groups is 1. The van der Waals surface area contributed by atoms with Crippen molar-refractivity contribution >= 4 is 17.7 Å². The monoisotopic (exact) mass is 394 g/mol.